The van der Waals surface area contributed by atoms with Crippen molar-refractivity contribution in [3.05, 3.63) is 59.7 Å². The number of nitrogens with one attached hydrogen (secondary N) is 1. The Morgan fingerprint density at radius 2 is 1.96 bits per heavy atom. The molecule has 0 spiro atoms. The normalized spacial score (nSPS) is 9.96. The molecule has 5 nitrogen and oxygen atoms in total. The van der Waals surface area contributed by atoms with E-state index >= 15 is 0 Å². The second kappa shape index (κ2) is 10.0. The number of likely N-dealkylation sites (N-methyl/N-ethyl adjacent to an activating group) is 1. The Morgan fingerprint density at radius 1 is 1.19 bits per heavy atom. The van der Waals surface area contributed by atoms with E-state index in [1.54, 1.807) is 31.3 Å². The van der Waals surface area contributed by atoms with Gasteiger partial charge >= 0.3 is 0 Å². The molecule has 1 N–H and O–H groups in total. The molecule has 2 amide bonds. The molecular formula is C22H24N2O3. The van der Waals surface area contributed by atoms with Crippen molar-refractivity contribution in [1.82, 2.24) is 4.90 Å². The Balaban J connectivity index is 1.86. The van der Waals surface area contributed by atoms with Gasteiger partial charge < -0.3 is 15.0 Å². The fraction of sp³-hybridized carbons (Fsp3) is 0.273. The lowest BCUT2D eigenvalue weighted by Crippen LogP contribution is -2.35. The maximum absolute atomic E-state index is 12.4. The summed E-state index contributed by atoms with van der Waals surface area (Å²) in [7, 11) is 1.62. The third-order valence-corrected chi connectivity index (χ3v) is 4.00. The van der Waals surface area contributed by atoms with Crippen LogP contribution in [0.15, 0.2) is 48.5 Å². The summed E-state index contributed by atoms with van der Waals surface area (Å²) in [6.45, 7) is 2.48. The highest BCUT2D eigenvalue weighted by Crippen LogP contribution is 2.19. The zero-order valence-corrected chi connectivity index (χ0v) is 15.7. The Hall–Kier alpha value is -3.26. The number of hydrogen-bond donors (Lipinski definition) is 1. The van der Waals surface area contributed by atoms with Crippen LogP contribution < -0.4 is 10.1 Å². The van der Waals surface area contributed by atoms with Crippen LogP contribution in [0.1, 0.15) is 24.5 Å². The topological polar surface area (TPSA) is 58.6 Å². The van der Waals surface area contributed by atoms with Crippen LogP contribution in [0.5, 0.6) is 5.75 Å². The number of benzene rings is 2. The molecule has 27 heavy (non-hydrogen) atoms. The minimum Gasteiger partial charge on any atom is -0.494 e. The molecule has 140 valence electrons. The van der Waals surface area contributed by atoms with Gasteiger partial charge in [-0.05, 0) is 43.2 Å². The lowest BCUT2D eigenvalue weighted by Gasteiger charge is -2.17. The second-order valence-corrected chi connectivity index (χ2v) is 6.06. The van der Waals surface area contributed by atoms with Crippen molar-refractivity contribution >= 4 is 17.5 Å². The van der Waals surface area contributed by atoms with Crippen LogP contribution in [0.2, 0.25) is 0 Å². The SMILES string of the molecule is C#Cc1cccc(NC(=O)CN(C)C(=O)CCc2ccccc2OCC)c1. The molecule has 2 aromatic rings. The van der Waals surface area contributed by atoms with Crippen molar-refractivity contribution in [2.24, 2.45) is 0 Å². The van der Waals surface area contributed by atoms with Gasteiger partial charge in [0.05, 0.1) is 13.2 Å². The number of anilines is 1. The fourth-order valence-corrected chi connectivity index (χ4v) is 2.63. The molecular weight excluding hydrogens is 340 g/mol. The highest BCUT2D eigenvalue weighted by molar-refractivity contribution is 5.94. The maximum Gasteiger partial charge on any atom is 0.243 e. The summed E-state index contributed by atoms with van der Waals surface area (Å²) in [4.78, 5) is 25.9. The fourth-order valence-electron chi connectivity index (χ4n) is 2.63. The maximum atomic E-state index is 12.4. The molecule has 0 aliphatic rings. The molecule has 0 unspecified atom stereocenters. The van der Waals surface area contributed by atoms with Crippen molar-refractivity contribution in [3.63, 3.8) is 0 Å². The number of amides is 2. The number of rotatable bonds is 8. The van der Waals surface area contributed by atoms with Crippen molar-refractivity contribution in [2.75, 3.05) is 25.5 Å². The quantitative estimate of drug-likeness (QED) is 0.732. The summed E-state index contributed by atoms with van der Waals surface area (Å²) in [5.74, 6) is 2.94. The number of para-hydroxylation sites is 1. The number of ether oxygens (including phenoxy) is 1. The van der Waals surface area contributed by atoms with E-state index in [-0.39, 0.29) is 18.4 Å². The molecule has 0 bridgehead atoms. The number of hydrogen-bond acceptors (Lipinski definition) is 3. The molecule has 0 saturated carbocycles. The zero-order valence-electron chi connectivity index (χ0n) is 15.7. The average Bonchev–Trinajstić information content (AvgIpc) is 2.67. The van der Waals surface area contributed by atoms with Crippen molar-refractivity contribution < 1.29 is 14.3 Å². The molecule has 0 aliphatic heterocycles. The molecule has 0 fully saturated rings. The van der Waals surface area contributed by atoms with E-state index in [0.29, 0.717) is 30.7 Å². The van der Waals surface area contributed by atoms with Gasteiger partial charge in [0.25, 0.3) is 0 Å². The highest BCUT2D eigenvalue weighted by atomic mass is 16.5. The van der Waals surface area contributed by atoms with Crippen LogP contribution in [0.3, 0.4) is 0 Å². The van der Waals surface area contributed by atoms with E-state index in [0.717, 1.165) is 11.3 Å². The first-order valence-electron chi connectivity index (χ1n) is 8.84. The first kappa shape index (κ1) is 20.1. The van der Waals surface area contributed by atoms with Crippen LogP contribution in [-0.2, 0) is 16.0 Å². The molecule has 0 saturated heterocycles. The first-order valence-corrected chi connectivity index (χ1v) is 8.84. The van der Waals surface area contributed by atoms with E-state index in [2.05, 4.69) is 11.2 Å². The van der Waals surface area contributed by atoms with Gasteiger partial charge in [0.1, 0.15) is 5.75 Å². The highest BCUT2D eigenvalue weighted by Gasteiger charge is 2.14. The smallest absolute Gasteiger partial charge is 0.243 e. The monoisotopic (exact) mass is 364 g/mol. The standard InChI is InChI=1S/C22H24N2O3/c1-4-17-9-8-11-19(15-17)23-21(25)16-24(3)22(26)14-13-18-10-6-7-12-20(18)27-5-2/h1,6-12,15H,5,13-14,16H2,2-3H3,(H,23,25). The van der Waals surface area contributed by atoms with Crippen LogP contribution in [0, 0.1) is 12.3 Å². The van der Waals surface area contributed by atoms with Gasteiger partial charge in [-0.2, -0.15) is 0 Å². The van der Waals surface area contributed by atoms with Gasteiger partial charge in [-0.15, -0.1) is 6.42 Å². The van der Waals surface area contributed by atoms with Crippen LogP contribution in [0.4, 0.5) is 5.69 Å². The van der Waals surface area contributed by atoms with E-state index in [1.807, 2.05) is 31.2 Å². The molecule has 0 radical (unpaired) electrons. The molecule has 0 aliphatic carbocycles. The first-order chi connectivity index (χ1) is 13.0. The lowest BCUT2D eigenvalue weighted by molar-refractivity contribution is -0.133. The molecule has 2 aromatic carbocycles. The molecule has 0 heterocycles. The minimum absolute atomic E-state index is 0.0216. The summed E-state index contributed by atoms with van der Waals surface area (Å²) >= 11 is 0. The van der Waals surface area contributed by atoms with Gasteiger partial charge in [0.15, 0.2) is 0 Å². The second-order valence-electron chi connectivity index (χ2n) is 6.06. The van der Waals surface area contributed by atoms with Crippen molar-refractivity contribution in [3.8, 4) is 18.1 Å². The molecule has 5 heteroatoms. The summed E-state index contributed by atoms with van der Waals surface area (Å²) in [6, 6.07) is 14.7. The van der Waals surface area contributed by atoms with E-state index < -0.39 is 0 Å². The Morgan fingerprint density at radius 3 is 2.70 bits per heavy atom. The number of terminal acetylenes is 1. The van der Waals surface area contributed by atoms with Gasteiger partial charge in [-0.25, -0.2) is 0 Å². The molecule has 2 rings (SSSR count). The van der Waals surface area contributed by atoms with Gasteiger partial charge in [-0.3, -0.25) is 9.59 Å². The van der Waals surface area contributed by atoms with Crippen molar-refractivity contribution in [1.29, 1.82) is 0 Å². The predicted molar refractivity (Wildman–Crippen MR) is 107 cm³/mol. The number of aryl methyl sites for hydroxylation is 1. The Labute approximate surface area is 160 Å². The molecule has 0 atom stereocenters. The van der Waals surface area contributed by atoms with Crippen LogP contribution in [-0.4, -0.2) is 36.9 Å². The third-order valence-electron chi connectivity index (χ3n) is 4.00. The van der Waals surface area contributed by atoms with Crippen LogP contribution in [0.25, 0.3) is 0 Å². The Kier molecular flexibility index (Phi) is 7.45. The number of carbonyl (C=O) groups excluding carboxylic acids is 2. The van der Waals surface area contributed by atoms with Crippen molar-refractivity contribution in [2.45, 2.75) is 19.8 Å². The average molecular weight is 364 g/mol. The summed E-state index contributed by atoms with van der Waals surface area (Å²) in [6.07, 6.45) is 6.22. The van der Waals surface area contributed by atoms with E-state index in [9.17, 15) is 9.59 Å². The predicted octanol–water partition coefficient (Wildman–Crippen LogP) is 3.10. The molecule has 0 aromatic heterocycles. The minimum atomic E-state index is -0.269. The van der Waals surface area contributed by atoms with E-state index in [4.69, 9.17) is 11.2 Å². The van der Waals surface area contributed by atoms with Gasteiger partial charge in [0.2, 0.25) is 11.8 Å². The van der Waals surface area contributed by atoms with E-state index in [1.165, 1.54) is 4.90 Å². The lowest BCUT2D eigenvalue weighted by atomic mass is 10.1. The zero-order chi connectivity index (χ0) is 19.6. The summed E-state index contributed by atoms with van der Waals surface area (Å²) in [5.41, 5.74) is 2.28. The Bertz CT molecular complexity index is 839. The third kappa shape index (κ3) is 6.19. The van der Waals surface area contributed by atoms with Gasteiger partial charge in [-0.1, -0.05) is 30.2 Å². The summed E-state index contributed by atoms with van der Waals surface area (Å²) < 4.78 is 5.58. The largest absolute Gasteiger partial charge is 0.494 e. The van der Waals surface area contributed by atoms with Gasteiger partial charge in [0, 0.05) is 24.7 Å². The number of carbonyl (C=O) groups is 2. The summed E-state index contributed by atoms with van der Waals surface area (Å²) in [5, 5.41) is 2.75. The number of nitrogens with zero attached hydrogens (tertiary/aromatic N) is 1. The van der Waals surface area contributed by atoms with Crippen LogP contribution >= 0.6 is 0 Å².